The number of amides is 1. The van der Waals surface area contributed by atoms with Crippen LogP contribution in [0.4, 0.5) is 17.1 Å². The van der Waals surface area contributed by atoms with Crippen LogP contribution >= 0.6 is 0 Å². The molecule has 140 valence electrons. The van der Waals surface area contributed by atoms with Gasteiger partial charge in [-0.3, -0.25) is 4.79 Å². The van der Waals surface area contributed by atoms with Crippen LogP contribution in [0.3, 0.4) is 0 Å². The first kappa shape index (κ1) is 17.7. The lowest BCUT2D eigenvalue weighted by Crippen LogP contribution is -2.05. The summed E-state index contributed by atoms with van der Waals surface area (Å²) in [6.07, 6.45) is 2.41. The van der Waals surface area contributed by atoms with Crippen LogP contribution in [0.15, 0.2) is 66.9 Å². The van der Waals surface area contributed by atoms with Crippen LogP contribution in [-0.4, -0.2) is 11.0 Å². The van der Waals surface area contributed by atoms with E-state index in [0.29, 0.717) is 11.3 Å². The summed E-state index contributed by atoms with van der Waals surface area (Å²) in [5.74, 6) is 0.0593. The summed E-state index contributed by atoms with van der Waals surface area (Å²) >= 11 is 0. The summed E-state index contributed by atoms with van der Waals surface area (Å²) in [5.41, 5.74) is 12.5. The van der Waals surface area contributed by atoms with Gasteiger partial charge in [-0.25, -0.2) is 0 Å². The molecule has 5 nitrogen and oxygen atoms in total. The number of hydrogen-bond acceptors (Lipinski definition) is 4. The minimum Gasteiger partial charge on any atom is -0.508 e. The van der Waals surface area contributed by atoms with Crippen LogP contribution < -0.4 is 16.4 Å². The predicted octanol–water partition coefficient (Wildman–Crippen LogP) is 4.28. The Kier molecular flexibility index (Phi) is 4.49. The molecule has 0 atom stereocenters. The van der Waals surface area contributed by atoms with E-state index in [2.05, 4.69) is 10.6 Å². The molecule has 4 rings (SSSR count). The highest BCUT2D eigenvalue weighted by molar-refractivity contribution is 6.31. The molecule has 0 spiro atoms. The lowest BCUT2D eigenvalue weighted by Gasteiger charge is -2.07. The predicted molar refractivity (Wildman–Crippen MR) is 113 cm³/mol. The number of hydrogen-bond donors (Lipinski definition) is 4. The van der Waals surface area contributed by atoms with Crippen LogP contribution in [-0.2, 0) is 11.2 Å². The quantitative estimate of drug-likeness (QED) is 0.407. The summed E-state index contributed by atoms with van der Waals surface area (Å²) in [7, 11) is 0. The SMILES string of the molecule is Cc1ccc(NC=C2C(=O)Nc3ccc(Cc4cccc(N)c4)cc32)cc1O. The highest BCUT2D eigenvalue weighted by Gasteiger charge is 2.24. The number of anilines is 3. The first-order chi connectivity index (χ1) is 13.5. The second-order valence-corrected chi connectivity index (χ2v) is 6.96. The van der Waals surface area contributed by atoms with Gasteiger partial charge in [0.1, 0.15) is 5.75 Å². The van der Waals surface area contributed by atoms with Crippen molar-refractivity contribution in [3.8, 4) is 5.75 Å². The second kappa shape index (κ2) is 7.12. The topological polar surface area (TPSA) is 87.4 Å². The first-order valence-electron chi connectivity index (χ1n) is 9.05. The Hall–Kier alpha value is -3.73. The summed E-state index contributed by atoms with van der Waals surface area (Å²) in [5, 5.41) is 15.8. The van der Waals surface area contributed by atoms with Crippen LogP contribution in [0.1, 0.15) is 22.3 Å². The Bertz CT molecular complexity index is 1100. The van der Waals surface area contributed by atoms with Crippen LogP contribution in [0.5, 0.6) is 5.75 Å². The van der Waals surface area contributed by atoms with E-state index >= 15 is 0 Å². The minimum absolute atomic E-state index is 0.153. The van der Waals surface area contributed by atoms with Crippen molar-refractivity contribution in [2.24, 2.45) is 0 Å². The van der Waals surface area contributed by atoms with Crippen LogP contribution in [0.2, 0.25) is 0 Å². The Morgan fingerprint density at radius 3 is 2.68 bits per heavy atom. The molecule has 28 heavy (non-hydrogen) atoms. The average Bonchev–Trinajstić information content (AvgIpc) is 2.97. The van der Waals surface area contributed by atoms with Crippen molar-refractivity contribution in [3.05, 3.63) is 89.1 Å². The zero-order valence-corrected chi connectivity index (χ0v) is 15.5. The number of nitrogens with two attached hydrogens (primary N) is 1. The fraction of sp³-hybridized carbons (Fsp3) is 0.0870. The number of carbonyl (C=O) groups excluding carboxylic acids is 1. The first-order valence-corrected chi connectivity index (χ1v) is 9.05. The van der Waals surface area contributed by atoms with Crippen molar-refractivity contribution in [1.82, 2.24) is 0 Å². The molecular weight excluding hydrogens is 350 g/mol. The molecule has 3 aromatic carbocycles. The summed E-state index contributed by atoms with van der Waals surface area (Å²) < 4.78 is 0. The minimum atomic E-state index is -0.153. The van der Waals surface area contributed by atoms with Gasteiger partial charge in [-0.05, 0) is 60.4 Å². The lowest BCUT2D eigenvalue weighted by molar-refractivity contribution is -0.110. The molecule has 1 heterocycles. The Morgan fingerprint density at radius 1 is 1.07 bits per heavy atom. The molecule has 0 aromatic heterocycles. The monoisotopic (exact) mass is 371 g/mol. The molecule has 0 aliphatic carbocycles. The maximum absolute atomic E-state index is 12.4. The van der Waals surface area contributed by atoms with Gasteiger partial charge in [-0.2, -0.15) is 0 Å². The van der Waals surface area contributed by atoms with E-state index in [1.807, 2.05) is 61.5 Å². The van der Waals surface area contributed by atoms with Crippen molar-refractivity contribution < 1.29 is 9.90 Å². The van der Waals surface area contributed by atoms with E-state index in [0.717, 1.165) is 40.0 Å². The van der Waals surface area contributed by atoms with Gasteiger partial charge in [-0.15, -0.1) is 0 Å². The number of rotatable bonds is 4. The molecule has 5 N–H and O–H groups in total. The van der Waals surface area contributed by atoms with Gasteiger partial charge in [0, 0.05) is 34.9 Å². The maximum Gasteiger partial charge on any atom is 0.257 e. The van der Waals surface area contributed by atoms with Crippen LogP contribution in [0, 0.1) is 6.92 Å². The third-order valence-electron chi connectivity index (χ3n) is 4.82. The van der Waals surface area contributed by atoms with Gasteiger partial charge < -0.3 is 21.5 Å². The zero-order chi connectivity index (χ0) is 19.7. The normalized spacial score (nSPS) is 14.0. The molecule has 0 radical (unpaired) electrons. The van der Waals surface area contributed by atoms with Gasteiger partial charge in [0.25, 0.3) is 5.91 Å². The van der Waals surface area contributed by atoms with E-state index in [1.54, 1.807) is 12.3 Å². The number of aromatic hydroxyl groups is 1. The lowest BCUT2D eigenvalue weighted by atomic mass is 9.99. The molecule has 5 heteroatoms. The van der Waals surface area contributed by atoms with Gasteiger partial charge >= 0.3 is 0 Å². The molecule has 1 aliphatic rings. The third kappa shape index (κ3) is 3.55. The zero-order valence-electron chi connectivity index (χ0n) is 15.5. The molecule has 0 bridgehead atoms. The Balaban J connectivity index is 1.61. The largest absolute Gasteiger partial charge is 0.508 e. The van der Waals surface area contributed by atoms with Gasteiger partial charge in [0.05, 0.1) is 5.57 Å². The number of nitrogen functional groups attached to an aromatic ring is 1. The van der Waals surface area contributed by atoms with E-state index in [1.165, 1.54) is 0 Å². The van der Waals surface area contributed by atoms with Gasteiger partial charge in [0.15, 0.2) is 0 Å². The van der Waals surface area contributed by atoms with Crippen molar-refractivity contribution in [2.45, 2.75) is 13.3 Å². The van der Waals surface area contributed by atoms with E-state index in [-0.39, 0.29) is 11.7 Å². The molecular formula is C23H21N3O2. The highest BCUT2D eigenvalue weighted by Crippen LogP contribution is 2.33. The van der Waals surface area contributed by atoms with E-state index < -0.39 is 0 Å². The van der Waals surface area contributed by atoms with Crippen molar-refractivity contribution in [3.63, 3.8) is 0 Å². The smallest absolute Gasteiger partial charge is 0.257 e. The number of phenolic OH excluding ortho intramolecular Hbond substituents is 1. The average molecular weight is 371 g/mol. The molecule has 0 fully saturated rings. The van der Waals surface area contributed by atoms with Crippen molar-refractivity contribution >= 4 is 28.5 Å². The molecule has 0 saturated carbocycles. The fourth-order valence-electron chi connectivity index (χ4n) is 3.28. The Labute approximate surface area is 163 Å². The molecule has 0 saturated heterocycles. The summed E-state index contributed by atoms with van der Waals surface area (Å²) in [6, 6.07) is 19.1. The number of phenols is 1. The van der Waals surface area contributed by atoms with E-state index in [4.69, 9.17) is 5.73 Å². The number of aryl methyl sites for hydroxylation is 1. The summed E-state index contributed by atoms with van der Waals surface area (Å²) in [4.78, 5) is 12.4. The van der Waals surface area contributed by atoms with Gasteiger partial charge in [0.2, 0.25) is 0 Å². The van der Waals surface area contributed by atoms with E-state index in [9.17, 15) is 9.90 Å². The number of carbonyl (C=O) groups is 1. The molecule has 0 unspecified atom stereocenters. The molecule has 1 amide bonds. The fourth-order valence-corrected chi connectivity index (χ4v) is 3.28. The van der Waals surface area contributed by atoms with Crippen LogP contribution in [0.25, 0.3) is 5.57 Å². The second-order valence-electron chi connectivity index (χ2n) is 6.96. The molecule has 1 aliphatic heterocycles. The van der Waals surface area contributed by atoms with Crippen molar-refractivity contribution in [1.29, 1.82) is 0 Å². The third-order valence-corrected chi connectivity index (χ3v) is 4.82. The van der Waals surface area contributed by atoms with Gasteiger partial charge in [-0.1, -0.05) is 24.3 Å². The number of benzene rings is 3. The number of fused-ring (bicyclic) bond motifs is 1. The standard InChI is InChI=1S/C23H21N3O2/c1-14-5-7-18(12-22(14)27)25-13-20-19-11-16(6-8-21(19)26-23(20)28)9-15-3-2-4-17(24)10-15/h2-8,10-13,25,27H,9,24H2,1H3,(H,26,28). The highest BCUT2D eigenvalue weighted by atomic mass is 16.3. The Morgan fingerprint density at radius 2 is 1.89 bits per heavy atom. The maximum atomic E-state index is 12.4. The number of nitrogens with one attached hydrogen (secondary N) is 2. The summed E-state index contributed by atoms with van der Waals surface area (Å²) in [6.45, 7) is 1.83. The van der Waals surface area contributed by atoms with Crippen molar-refractivity contribution in [2.75, 3.05) is 16.4 Å². The molecule has 3 aromatic rings.